The summed E-state index contributed by atoms with van der Waals surface area (Å²) in [6, 6.07) is 8.84. The molecule has 27 heavy (non-hydrogen) atoms. The number of hydrogen-bond donors (Lipinski definition) is 1. The zero-order valence-electron chi connectivity index (χ0n) is 16.8. The Morgan fingerprint density at radius 3 is 2.56 bits per heavy atom. The molecule has 1 aromatic rings. The number of aliphatic imine (C=N–C) groups is 1. The highest BCUT2D eigenvalue weighted by Crippen LogP contribution is 2.10. The van der Waals surface area contributed by atoms with Crippen molar-refractivity contribution in [3.63, 3.8) is 0 Å². The molecule has 1 N–H and O–H groups in total. The van der Waals surface area contributed by atoms with Crippen LogP contribution in [0.1, 0.15) is 30.9 Å². The predicted molar refractivity (Wildman–Crippen MR) is 125 cm³/mol. The fourth-order valence-electron chi connectivity index (χ4n) is 2.98. The lowest BCUT2D eigenvalue weighted by atomic mass is 10.1. The summed E-state index contributed by atoms with van der Waals surface area (Å²) >= 11 is 0. The van der Waals surface area contributed by atoms with Crippen LogP contribution in [0, 0.1) is 0 Å². The molecule has 0 spiro atoms. The van der Waals surface area contributed by atoms with Crippen molar-refractivity contribution in [3.05, 3.63) is 48.0 Å². The standard InChI is InChI=1S/C21H34N4O.HI/c1-4-6-7-12-24(3)21(22-5-2)23-17-19-8-10-20(11-9-19)18-25-13-15-26-16-14-25;/h4,8-11H,1,5-7,12-18H2,2-3H3,(H,22,23);1H. The van der Waals surface area contributed by atoms with Crippen LogP contribution in [-0.4, -0.2) is 62.2 Å². The number of halogens is 1. The summed E-state index contributed by atoms with van der Waals surface area (Å²) in [6.45, 7) is 13.2. The van der Waals surface area contributed by atoms with Crippen LogP contribution in [0.4, 0.5) is 0 Å². The smallest absolute Gasteiger partial charge is 0.193 e. The fourth-order valence-corrected chi connectivity index (χ4v) is 2.98. The van der Waals surface area contributed by atoms with E-state index in [2.05, 4.69) is 59.9 Å². The Kier molecular flexibility index (Phi) is 12.4. The van der Waals surface area contributed by atoms with Crippen LogP contribution in [0.25, 0.3) is 0 Å². The zero-order chi connectivity index (χ0) is 18.6. The Morgan fingerprint density at radius 1 is 1.26 bits per heavy atom. The van der Waals surface area contributed by atoms with Gasteiger partial charge in [-0.3, -0.25) is 4.90 Å². The lowest BCUT2D eigenvalue weighted by molar-refractivity contribution is 0.0342. The van der Waals surface area contributed by atoms with E-state index < -0.39 is 0 Å². The van der Waals surface area contributed by atoms with Gasteiger partial charge in [0.05, 0.1) is 19.8 Å². The van der Waals surface area contributed by atoms with E-state index in [0.29, 0.717) is 6.54 Å². The Balaban J connectivity index is 0.00000364. The van der Waals surface area contributed by atoms with Gasteiger partial charge in [0, 0.05) is 39.8 Å². The maximum Gasteiger partial charge on any atom is 0.193 e. The van der Waals surface area contributed by atoms with Crippen LogP contribution in [-0.2, 0) is 17.8 Å². The van der Waals surface area contributed by atoms with Crippen molar-refractivity contribution >= 4 is 29.9 Å². The molecule has 1 aliphatic rings. The number of hydrogen-bond acceptors (Lipinski definition) is 3. The van der Waals surface area contributed by atoms with E-state index >= 15 is 0 Å². The van der Waals surface area contributed by atoms with Gasteiger partial charge in [-0.05, 0) is 30.9 Å². The van der Waals surface area contributed by atoms with E-state index in [4.69, 9.17) is 9.73 Å². The average Bonchev–Trinajstić information content (AvgIpc) is 2.67. The van der Waals surface area contributed by atoms with Gasteiger partial charge in [0.25, 0.3) is 0 Å². The number of allylic oxidation sites excluding steroid dienone is 1. The van der Waals surface area contributed by atoms with E-state index in [-0.39, 0.29) is 24.0 Å². The summed E-state index contributed by atoms with van der Waals surface area (Å²) in [6.07, 6.45) is 4.10. The maximum absolute atomic E-state index is 5.41. The molecule has 6 heteroatoms. The van der Waals surface area contributed by atoms with Crippen molar-refractivity contribution in [3.8, 4) is 0 Å². The summed E-state index contributed by atoms with van der Waals surface area (Å²) in [7, 11) is 2.09. The molecule has 1 fully saturated rings. The third-order valence-electron chi connectivity index (χ3n) is 4.54. The van der Waals surface area contributed by atoms with Gasteiger partial charge in [0.15, 0.2) is 5.96 Å². The number of guanidine groups is 1. The molecule has 0 radical (unpaired) electrons. The SMILES string of the molecule is C=CCCCN(C)C(=NCc1ccc(CN2CCOCC2)cc1)NCC.I. The second-order valence-corrected chi connectivity index (χ2v) is 6.73. The number of ether oxygens (including phenoxy) is 1. The first-order chi connectivity index (χ1) is 12.7. The van der Waals surface area contributed by atoms with E-state index in [9.17, 15) is 0 Å². The largest absolute Gasteiger partial charge is 0.379 e. The first-order valence-electron chi connectivity index (χ1n) is 9.71. The van der Waals surface area contributed by atoms with Gasteiger partial charge in [-0.25, -0.2) is 4.99 Å². The molecule has 0 unspecified atom stereocenters. The molecular weight excluding hydrogens is 451 g/mol. The van der Waals surface area contributed by atoms with Crippen molar-refractivity contribution in [2.75, 3.05) is 46.4 Å². The maximum atomic E-state index is 5.41. The van der Waals surface area contributed by atoms with Gasteiger partial charge in [-0.2, -0.15) is 0 Å². The molecule has 1 aliphatic heterocycles. The summed E-state index contributed by atoms with van der Waals surface area (Å²) in [4.78, 5) is 9.42. The number of morpholine rings is 1. The number of unbranched alkanes of at least 4 members (excludes halogenated alkanes) is 1. The molecule has 0 bridgehead atoms. The van der Waals surface area contributed by atoms with Crippen molar-refractivity contribution in [2.24, 2.45) is 4.99 Å². The fraction of sp³-hybridized carbons (Fsp3) is 0.571. The van der Waals surface area contributed by atoms with Gasteiger partial charge in [0.2, 0.25) is 0 Å². The summed E-state index contributed by atoms with van der Waals surface area (Å²) in [5, 5.41) is 3.38. The molecule has 0 amide bonds. The Bertz CT molecular complexity index is 556. The third kappa shape index (κ3) is 9.08. The van der Waals surface area contributed by atoms with Gasteiger partial charge in [-0.15, -0.1) is 30.6 Å². The first-order valence-corrected chi connectivity index (χ1v) is 9.71. The summed E-state index contributed by atoms with van der Waals surface area (Å²) in [5.74, 6) is 0.967. The summed E-state index contributed by atoms with van der Waals surface area (Å²) in [5.41, 5.74) is 2.60. The molecule has 1 heterocycles. The number of rotatable bonds is 9. The van der Waals surface area contributed by atoms with Gasteiger partial charge >= 0.3 is 0 Å². The van der Waals surface area contributed by atoms with E-state index in [1.165, 1.54) is 11.1 Å². The van der Waals surface area contributed by atoms with Crippen LogP contribution in [0.15, 0.2) is 41.9 Å². The zero-order valence-corrected chi connectivity index (χ0v) is 19.2. The minimum Gasteiger partial charge on any atom is -0.379 e. The Hall–Kier alpha value is -1.12. The van der Waals surface area contributed by atoms with Crippen LogP contribution < -0.4 is 5.32 Å². The lowest BCUT2D eigenvalue weighted by Gasteiger charge is -2.26. The molecule has 5 nitrogen and oxygen atoms in total. The molecule has 0 aromatic heterocycles. The number of benzene rings is 1. The van der Waals surface area contributed by atoms with Crippen molar-refractivity contribution in [2.45, 2.75) is 32.9 Å². The quantitative estimate of drug-likeness (QED) is 0.191. The molecule has 0 saturated carbocycles. The highest BCUT2D eigenvalue weighted by molar-refractivity contribution is 14.0. The second kappa shape index (κ2) is 14.0. The number of nitrogens with zero attached hydrogens (tertiary/aromatic N) is 3. The van der Waals surface area contributed by atoms with Gasteiger partial charge < -0.3 is 15.0 Å². The highest BCUT2D eigenvalue weighted by atomic mass is 127. The molecule has 1 saturated heterocycles. The van der Waals surface area contributed by atoms with Crippen LogP contribution in [0.2, 0.25) is 0 Å². The van der Waals surface area contributed by atoms with Crippen LogP contribution in [0.5, 0.6) is 0 Å². The monoisotopic (exact) mass is 486 g/mol. The molecule has 0 atom stereocenters. The minimum atomic E-state index is 0. The first kappa shape index (κ1) is 23.9. The lowest BCUT2D eigenvalue weighted by Crippen LogP contribution is -2.39. The molecule has 152 valence electrons. The summed E-state index contributed by atoms with van der Waals surface area (Å²) < 4.78 is 5.41. The molecule has 2 rings (SSSR count). The van der Waals surface area contributed by atoms with Crippen molar-refractivity contribution in [1.82, 2.24) is 15.1 Å². The Morgan fingerprint density at radius 2 is 1.93 bits per heavy atom. The molecule has 0 aliphatic carbocycles. The topological polar surface area (TPSA) is 40.1 Å². The van der Waals surface area contributed by atoms with E-state index in [0.717, 1.165) is 64.7 Å². The number of nitrogens with one attached hydrogen (secondary N) is 1. The van der Waals surface area contributed by atoms with E-state index in [1.54, 1.807) is 0 Å². The van der Waals surface area contributed by atoms with Crippen molar-refractivity contribution in [1.29, 1.82) is 0 Å². The third-order valence-corrected chi connectivity index (χ3v) is 4.54. The molecular formula is C21H35IN4O. The normalized spacial score (nSPS) is 15.1. The predicted octanol–water partition coefficient (Wildman–Crippen LogP) is 3.50. The molecule has 1 aromatic carbocycles. The highest BCUT2D eigenvalue weighted by Gasteiger charge is 2.10. The van der Waals surface area contributed by atoms with Crippen LogP contribution in [0.3, 0.4) is 0 Å². The van der Waals surface area contributed by atoms with Gasteiger partial charge in [-0.1, -0.05) is 30.3 Å². The second-order valence-electron chi connectivity index (χ2n) is 6.73. The van der Waals surface area contributed by atoms with Crippen molar-refractivity contribution < 1.29 is 4.74 Å². The Labute approximate surface area is 181 Å². The van der Waals surface area contributed by atoms with Gasteiger partial charge in [0.1, 0.15) is 0 Å². The van der Waals surface area contributed by atoms with Crippen LogP contribution >= 0.6 is 24.0 Å². The average molecular weight is 486 g/mol. The van der Waals surface area contributed by atoms with E-state index in [1.807, 2.05) is 6.08 Å². The minimum absolute atomic E-state index is 0.